The Labute approximate surface area is 83.6 Å². The predicted molar refractivity (Wildman–Crippen MR) is 53.5 cm³/mol. The van der Waals surface area contributed by atoms with Crippen LogP contribution >= 0.6 is 11.3 Å². The number of hydrogen-bond donors (Lipinski definition) is 1. The highest BCUT2D eigenvalue weighted by Gasteiger charge is 2.18. The van der Waals surface area contributed by atoms with Crippen molar-refractivity contribution in [1.82, 2.24) is 0 Å². The van der Waals surface area contributed by atoms with E-state index in [2.05, 4.69) is 0 Å². The minimum atomic E-state index is -1.21. The highest BCUT2D eigenvalue weighted by molar-refractivity contribution is 7.21. The molecule has 0 fully saturated rings. The molecule has 0 saturated carbocycles. The lowest BCUT2D eigenvalue weighted by atomic mass is 10.2. The number of carboxylic acids is 1. The van der Waals surface area contributed by atoms with Crippen LogP contribution in [-0.2, 0) is 0 Å². The molecular weight excluding hydrogens is 203 g/mol. The van der Waals surface area contributed by atoms with Crippen molar-refractivity contribution in [3.63, 3.8) is 0 Å². The second-order valence-electron chi connectivity index (χ2n) is 3.00. The van der Waals surface area contributed by atoms with Crippen LogP contribution in [0.4, 0.5) is 4.39 Å². The first kappa shape index (κ1) is 9.15. The summed E-state index contributed by atoms with van der Waals surface area (Å²) in [5.41, 5.74) is 0.902. The number of fused-ring (bicyclic) bond motifs is 1. The van der Waals surface area contributed by atoms with Crippen molar-refractivity contribution in [2.75, 3.05) is 0 Å². The van der Waals surface area contributed by atoms with Crippen LogP contribution in [-0.4, -0.2) is 11.1 Å². The average molecular weight is 210 g/mol. The molecule has 1 heterocycles. The lowest BCUT2D eigenvalue weighted by Gasteiger charge is -1.92. The molecule has 0 aliphatic heterocycles. The average Bonchev–Trinajstić information content (AvgIpc) is 2.46. The zero-order valence-electron chi connectivity index (χ0n) is 7.37. The molecule has 0 amide bonds. The molecule has 0 saturated heterocycles. The third-order valence-corrected chi connectivity index (χ3v) is 3.35. The molecule has 1 aromatic carbocycles. The summed E-state index contributed by atoms with van der Waals surface area (Å²) in [5, 5.41) is 9.12. The standard InChI is InChI=1S/C10H7FO2S/c1-5-3-2-4-6-7(11)9(10(12)13)14-8(5)6/h2-4H,1H3,(H,12,13). The van der Waals surface area contributed by atoms with Crippen molar-refractivity contribution in [2.24, 2.45) is 0 Å². The van der Waals surface area contributed by atoms with Crippen molar-refractivity contribution in [2.45, 2.75) is 6.92 Å². The zero-order chi connectivity index (χ0) is 10.3. The molecule has 0 unspecified atom stereocenters. The van der Waals surface area contributed by atoms with E-state index >= 15 is 0 Å². The number of carboxylic acid groups (broad SMARTS) is 1. The Morgan fingerprint density at radius 2 is 2.21 bits per heavy atom. The van der Waals surface area contributed by atoms with Gasteiger partial charge in [-0.3, -0.25) is 0 Å². The number of benzene rings is 1. The van der Waals surface area contributed by atoms with Gasteiger partial charge in [-0.15, -0.1) is 11.3 Å². The fraction of sp³-hybridized carbons (Fsp3) is 0.100. The van der Waals surface area contributed by atoms with Crippen molar-refractivity contribution < 1.29 is 14.3 Å². The van der Waals surface area contributed by atoms with Crippen molar-refractivity contribution >= 4 is 27.4 Å². The maximum Gasteiger partial charge on any atom is 0.348 e. The highest BCUT2D eigenvalue weighted by atomic mass is 32.1. The summed E-state index contributed by atoms with van der Waals surface area (Å²) >= 11 is 0.984. The van der Waals surface area contributed by atoms with Gasteiger partial charge in [-0.1, -0.05) is 18.2 Å². The molecule has 0 spiro atoms. The normalized spacial score (nSPS) is 10.7. The van der Waals surface area contributed by atoms with E-state index in [1.165, 1.54) is 0 Å². The number of thiophene rings is 1. The molecule has 2 rings (SSSR count). The minimum absolute atomic E-state index is 0.214. The number of aryl methyl sites for hydroxylation is 1. The summed E-state index contributed by atoms with van der Waals surface area (Å²) in [7, 11) is 0. The van der Waals surface area contributed by atoms with Crippen LogP contribution in [0.3, 0.4) is 0 Å². The number of carbonyl (C=O) groups is 1. The Morgan fingerprint density at radius 3 is 2.79 bits per heavy atom. The second kappa shape index (κ2) is 3.06. The second-order valence-corrected chi connectivity index (χ2v) is 4.02. The molecule has 0 aliphatic rings. The van der Waals surface area contributed by atoms with Crippen LogP contribution in [0.5, 0.6) is 0 Å². The lowest BCUT2D eigenvalue weighted by molar-refractivity contribution is 0.0698. The summed E-state index contributed by atoms with van der Waals surface area (Å²) in [6, 6.07) is 5.16. The van der Waals surface area contributed by atoms with Gasteiger partial charge in [0.15, 0.2) is 5.82 Å². The third kappa shape index (κ3) is 1.19. The minimum Gasteiger partial charge on any atom is -0.477 e. The molecule has 0 bridgehead atoms. The van der Waals surface area contributed by atoms with Gasteiger partial charge < -0.3 is 5.11 Å². The largest absolute Gasteiger partial charge is 0.477 e. The SMILES string of the molecule is Cc1cccc2c(F)c(C(=O)O)sc12. The van der Waals surface area contributed by atoms with Crippen LogP contribution in [0.15, 0.2) is 18.2 Å². The Bertz CT molecular complexity index is 516. The lowest BCUT2D eigenvalue weighted by Crippen LogP contribution is -1.94. The summed E-state index contributed by atoms with van der Waals surface area (Å²) in [5.74, 6) is -1.83. The first-order valence-corrected chi connectivity index (χ1v) is 4.84. The molecule has 72 valence electrons. The van der Waals surface area contributed by atoms with Crippen LogP contribution < -0.4 is 0 Å². The van der Waals surface area contributed by atoms with E-state index in [9.17, 15) is 9.18 Å². The molecule has 0 aliphatic carbocycles. The monoisotopic (exact) mass is 210 g/mol. The number of rotatable bonds is 1. The molecule has 2 aromatic rings. The van der Waals surface area contributed by atoms with Crippen LogP contribution in [0.2, 0.25) is 0 Å². The number of aromatic carboxylic acids is 1. The molecular formula is C10H7FO2S. The van der Waals surface area contributed by atoms with E-state index in [0.29, 0.717) is 10.1 Å². The van der Waals surface area contributed by atoms with Gasteiger partial charge in [0.1, 0.15) is 4.88 Å². The smallest absolute Gasteiger partial charge is 0.348 e. The molecule has 0 radical (unpaired) electrons. The van der Waals surface area contributed by atoms with E-state index in [0.717, 1.165) is 16.9 Å². The first-order valence-electron chi connectivity index (χ1n) is 4.02. The maximum absolute atomic E-state index is 13.5. The topological polar surface area (TPSA) is 37.3 Å². The van der Waals surface area contributed by atoms with Gasteiger partial charge >= 0.3 is 5.97 Å². The number of hydrogen-bond acceptors (Lipinski definition) is 2. The fourth-order valence-electron chi connectivity index (χ4n) is 1.37. The summed E-state index contributed by atoms with van der Waals surface area (Å²) in [6.45, 7) is 1.84. The zero-order valence-corrected chi connectivity index (χ0v) is 8.19. The van der Waals surface area contributed by atoms with Gasteiger partial charge in [0.25, 0.3) is 0 Å². The van der Waals surface area contributed by atoms with E-state index in [1.807, 2.05) is 13.0 Å². The van der Waals surface area contributed by atoms with Gasteiger partial charge in [-0.05, 0) is 12.5 Å². The van der Waals surface area contributed by atoms with Crippen molar-refractivity contribution in [1.29, 1.82) is 0 Å². The Balaban J connectivity index is 2.86. The molecule has 4 heteroatoms. The van der Waals surface area contributed by atoms with Crippen molar-refractivity contribution in [3.05, 3.63) is 34.5 Å². The first-order chi connectivity index (χ1) is 6.61. The van der Waals surface area contributed by atoms with Crippen LogP contribution in [0, 0.1) is 12.7 Å². The van der Waals surface area contributed by atoms with Gasteiger partial charge in [0, 0.05) is 10.1 Å². The molecule has 1 aromatic heterocycles. The maximum atomic E-state index is 13.5. The Hall–Kier alpha value is -1.42. The Morgan fingerprint density at radius 1 is 1.50 bits per heavy atom. The van der Waals surface area contributed by atoms with E-state index in [1.54, 1.807) is 12.1 Å². The van der Waals surface area contributed by atoms with E-state index < -0.39 is 11.8 Å². The van der Waals surface area contributed by atoms with E-state index in [-0.39, 0.29) is 4.88 Å². The number of halogens is 1. The van der Waals surface area contributed by atoms with Gasteiger partial charge in [-0.25, -0.2) is 9.18 Å². The molecule has 14 heavy (non-hydrogen) atoms. The quantitative estimate of drug-likeness (QED) is 0.785. The Kier molecular flexibility index (Phi) is 2.00. The highest BCUT2D eigenvalue weighted by Crippen LogP contribution is 2.31. The molecule has 0 atom stereocenters. The van der Waals surface area contributed by atoms with Crippen LogP contribution in [0.1, 0.15) is 15.2 Å². The summed E-state index contributed by atoms with van der Waals surface area (Å²) < 4.78 is 14.2. The molecule has 1 N–H and O–H groups in total. The molecule has 2 nitrogen and oxygen atoms in total. The third-order valence-electron chi connectivity index (χ3n) is 2.05. The van der Waals surface area contributed by atoms with Crippen LogP contribution in [0.25, 0.3) is 10.1 Å². The summed E-state index contributed by atoms with van der Waals surface area (Å²) in [4.78, 5) is 10.5. The fourth-order valence-corrected chi connectivity index (χ4v) is 2.36. The van der Waals surface area contributed by atoms with Gasteiger partial charge in [0.2, 0.25) is 0 Å². The van der Waals surface area contributed by atoms with E-state index in [4.69, 9.17) is 5.11 Å². The van der Waals surface area contributed by atoms with Gasteiger partial charge in [-0.2, -0.15) is 0 Å². The summed E-state index contributed by atoms with van der Waals surface area (Å²) in [6.07, 6.45) is 0. The predicted octanol–water partition coefficient (Wildman–Crippen LogP) is 3.05. The van der Waals surface area contributed by atoms with Gasteiger partial charge in [0.05, 0.1) is 0 Å². The van der Waals surface area contributed by atoms with Crippen molar-refractivity contribution in [3.8, 4) is 0 Å².